The Morgan fingerprint density at radius 1 is 1.26 bits per heavy atom. The fourth-order valence-electron chi connectivity index (χ4n) is 1.53. The van der Waals surface area contributed by atoms with Crippen LogP contribution in [0.15, 0.2) is 28.7 Å². The van der Waals surface area contributed by atoms with Gasteiger partial charge in [-0.25, -0.2) is 0 Å². The molecule has 4 heteroatoms. The summed E-state index contributed by atoms with van der Waals surface area (Å²) in [6.45, 7) is 6.60. The van der Waals surface area contributed by atoms with Crippen molar-refractivity contribution in [2.75, 3.05) is 13.2 Å². The molecule has 1 aromatic rings. The molecule has 19 heavy (non-hydrogen) atoms. The number of ether oxygens (including phenoxy) is 2. The molecule has 0 atom stereocenters. The van der Waals surface area contributed by atoms with E-state index in [0.717, 1.165) is 10.9 Å². The highest BCUT2D eigenvalue weighted by Gasteiger charge is 2.15. The minimum Gasteiger partial charge on any atom is -0.460 e. The van der Waals surface area contributed by atoms with Crippen LogP contribution >= 0.6 is 15.9 Å². The Labute approximate surface area is 123 Å². The summed E-state index contributed by atoms with van der Waals surface area (Å²) in [6.07, 6.45) is 1.14. The van der Waals surface area contributed by atoms with Crippen molar-refractivity contribution in [2.24, 2.45) is 0 Å². The van der Waals surface area contributed by atoms with Gasteiger partial charge in [-0.3, -0.25) is 4.79 Å². The van der Waals surface area contributed by atoms with Crippen molar-refractivity contribution < 1.29 is 14.3 Å². The van der Waals surface area contributed by atoms with E-state index in [0.29, 0.717) is 19.6 Å². The van der Waals surface area contributed by atoms with Gasteiger partial charge in [-0.05, 0) is 44.9 Å². The van der Waals surface area contributed by atoms with E-state index in [1.807, 2.05) is 32.9 Å². The number of hydrogen-bond acceptors (Lipinski definition) is 3. The maximum atomic E-state index is 11.4. The molecule has 0 unspecified atom stereocenters. The number of esters is 1. The van der Waals surface area contributed by atoms with Crippen molar-refractivity contribution >= 4 is 21.9 Å². The van der Waals surface area contributed by atoms with Crippen molar-refractivity contribution in [3.05, 3.63) is 34.3 Å². The molecule has 0 spiro atoms. The van der Waals surface area contributed by atoms with Crippen molar-refractivity contribution in [3.63, 3.8) is 0 Å². The maximum absolute atomic E-state index is 11.4. The monoisotopic (exact) mass is 328 g/mol. The van der Waals surface area contributed by atoms with Crippen LogP contribution in [0.25, 0.3) is 0 Å². The SMILES string of the molecule is CC(C)(C)OC(=O)CCOCCc1cccc(Br)c1. The number of benzene rings is 1. The van der Waals surface area contributed by atoms with E-state index in [4.69, 9.17) is 9.47 Å². The summed E-state index contributed by atoms with van der Waals surface area (Å²) >= 11 is 3.43. The molecular formula is C15H21BrO3. The molecule has 0 aliphatic heterocycles. The van der Waals surface area contributed by atoms with Crippen molar-refractivity contribution in [1.82, 2.24) is 0 Å². The molecule has 1 aromatic carbocycles. The van der Waals surface area contributed by atoms with E-state index in [9.17, 15) is 4.79 Å². The minimum atomic E-state index is -0.423. The summed E-state index contributed by atoms with van der Waals surface area (Å²) in [7, 11) is 0. The van der Waals surface area contributed by atoms with Gasteiger partial charge in [0.1, 0.15) is 5.60 Å². The zero-order valence-corrected chi connectivity index (χ0v) is 13.3. The highest BCUT2D eigenvalue weighted by atomic mass is 79.9. The normalized spacial score (nSPS) is 11.4. The summed E-state index contributed by atoms with van der Waals surface area (Å²) in [6, 6.07) is 8.12. The van der Waals surface area contributed by atoms with Gasteiger partial charge in [-0.15, -0.1) is 0 Å². The topological polar surface area (TPSA) is 35.5 Å². The Hall–Kier alpha value is -0.870. The molecule has 0 bridgehead atoms. The van der Waals surface area contributed by atoms with Crippen molar-refractivity contribution in [3.8, 4) is 0 Å². The van der Waals surface area contributed by atoms with Gasteiger partial charge < -0.3 is 9.47 Å². The van der Waals surface area contributed by atoms with E-state index >= 15 is 0 Å². The molecule has 106 valence electrons. The zero-order valence-electron chi connectivity index (χ0n) is 11.7. The van der Waals surface area contributed by atoms with Gasteiger partial charge in [-0.2, -0.15) is 0 Å². The van der Waals surface area contributed by atoms with Crippen LogP contribution in [0.1, 0.15) is 32.8 Å². The van der Waals surface area contributed by atoms with E-state index < -0.39 is 5.60 Å². The molecule has 0 heterocycles. The van der Waals surface area contributed by atoms with E-state index in [1.54, 1.807) is 0 Å². The van der Waals surface area contributed by atoms with Crippen LogP contribution in [-0.2, 0) is 20.7 Å². The van der Waals surface area contributed by atoms with E-state index in [1.165, 1.54) is 5.56 Å². The third-order valence-electron chi connectivity index (χ3n) is 2.29. The molecule has 0 radical (unpaired) electrons. The molecule has 0 aliphatic carbocycles. The van der Waals surface area contributed by atoms with Crippen LogP contribution in [-0.4, -0.2) is 24.8 Å². The second-order valence-electron chi connectivity index (χ2n) is 5.33. The highest BCUT2D eigenvalue weighted by Crippen LogP contribution is 2.12. The summed E-state index contributed by atoms with van der Waals surface area (Å²) in [5, 5.41) is 0. The summed E-state index contributed by atoms with van der Waals surface area (Å²) in [5.74, 6) is -0.213. The number of carbonyl (C=O) groups excluding carboxylic acids is 1. The smallest absolute Gasteiger partial charge is 0.308 e. The molecule has 0 N–H and O–H groups in total. The van der Waals surface area contributed by atoms with Gasteiger partial charge in [0, 0.05) is 4.47 Å². The van der Waals surface area contributed by atoms with Crippen molar-refractivity contribution in [2.45, 2.75) is 39.2 Å². The predicted molar refractivity (Wildman–Crippen MR) is 79.1 cm³/mol. The minimum absolute atomic E-state index is 0.213. The number of halogens is 1. The van der Waals surface area contributed by atoms with E-state index in [-0.39, 0.29) is 5.97 Å². The Kier molecular flexibility index (Phi) is 6.52. The average molecular weight is 329 g/mol. The van der Waals surface area contributed by atoms with Crippen LogP contribution in [0, 0.1) is 0 Å². The van der Waals surface area contributed by atoms with Crippen LogP contribution < -0.4 is 0 Å². The van der Waals surface area contributed by atoms with E-state index in [2.05, 4.69) is 28.1 Å². The van der Waals surface area contributed by atoms with Gasteiger partial charge in [0.25, 0.3) is 0 Å². The zero-order chi connectivity index (χ0) is 14.3. The lowest BCUT2D eigenvalue weighted by Crippen LogP contribution is -2.24. The third-order valence-corrected chi connectivity index (χ3v) is 2.79. The summed E-state index contributed by atoms with van der Waals surface area (Å²) in [5.41, 5.74) is 0.791. The molecule has 0 amide bonds. The standard InChI is InChI=1S/C15H21BrO3/c1-15(2,3)19-14(17)8-10-18-9-7-12-5-4-6-13(16)11-12/h4-6,11H,7-10H2,1-3H3. The van der Waals surface area contributed by atoms with Gasteiger partial charge in [0.05, 0.1) is 19.6 Å². The van der Waals surface area contributed by atoms with Gasteiger partial charge in [0.2, 0.25) is 0 Å². The van der Waals surface area contributed by atoms with Crippen molar-refractivity contribution in [1.29, 1.82) is 0 Å². The lowest BCUT2D eigenvalue weighted by atomic mass is 10.2. The number of rotatable bonds is 6. The average Bonchev–Trinajstić information content (AvgIpc) is 2.26. The fraction of sp³-hybridized carbons (Fsp3) is 0.533. The second-order valence-corrected chi connectivity index (χ2v) is 6.24. The first-order valence-corrected chi connectivity index (χ1v) is 7.20. The Morgan fingerprint density at radius 2 is 2.00 bits per heavy atom. The lowest BCUT2D eigenvalue weighted by molar-refractivity contribution is -0.156. The van der Waals surface area contributed by atoms with Crippen LogP contribution in [0.3, 0.4) is 0 Å². The molecule has 0 fully saturated rings. The van der Waals surface area contributed by atoms with Crippen LogP contribution in [0.2, 0.25) is 0 Å². The summed E-state index contributed by atoms with van der Waals surface area (Å²) in [4.78, 5) is 11.4. The quantitative estimate of drug-likeness (QED) is 0.589. The third kappa shape index (κ3) is 8.01. The molecule has 0 saturated carbocycles. The largest absolute Gasteiger partial charge is 0.460 e. The first kappa shape index (κ1) is 16.2. The molecular weight excluding hydrogens is 308 g/mol. The Bertz CT molecular complexity index is 410. The Morgan fingerprint density at radius 3 is 2.63 bits per heavy atom. The van der Waals surface area contributed by atoms with Crippen LogP contribution in [0.4, 0.5) is 0 Å². The first-order valence-electron chi connectivity index (χ1n) is 6.41. The van der Waals surface area contributed by atoms with Gasteiger partial charge in [0.15, 0.2) is 0 Å². The first-order chi connectivity index (χ1) is 8.87. The second kappa shape index (κ2) is 7.65. The van der Waals surface area contributed by atoms with Gasteiger partial charge >= 0.3 is 5.97 Å². The molecule has 0 aliphatic rings. The summed E-state index contributed by atoms with van der Waals surface area (Å²) < 4.78 is 11.7. The van der Waals surface area contributed by atoms with Gasteiger partial charge in [-0.1, -0.05) is 28.1 Å². The molecule has 1 rings (SSSR count). The molecule has 0 aromatic heterocycles. The van der Waals surface area contributed by atoms with Crippen LogP contribution in [0.5, 0.6) is 0 Å². The molecule has 0 saturated heterocycles. The maximum Gasteiger partial charge on any atom is 0.308 e. The number of carbonyl (C=O) groups is 1. The fourth-order valence-corrected chi connectivity index (χ4v) is 1.98. The molecule has 3 nitrogen and oxygen atoms in total. The Balaban J connectivity index is 2.13. The number of hydrogen-bond donors (Lipinski definition) is 0. The lowest BCUT2D eigenvalue weighted by Gasteiger charge is -2.19. The predicted octanol–water partition coefficient (Wildman–Crippen LogP) is 3.74. The highest BCUT2D eigenvalue weighted by molar-refractivity contribution is 9.10.